The molecule has 1 saturated carbocycles. The molecule has 122 valence electrons. The standard InChI is InChI=1S/C18H33NO2/c1-17(2)7-4-14(5-8-17)16(19-3)15-6-10-21-18(12-15)9-11-20-13-18/h14-16,19H,4-13H2,1-3H3. The van der Waals surface area contributed by atoms with E-state index in [1.165, 1.54) is 38.5 Å². The Morgan fingerprint density at radius 2 is 1.76 bits per heavy atom. The Labute approximate surface area is 130 Å². The van der Waals surface area contributed by atoms with Gasteiger partial charge in [-0.1, -0.05) is 13.8 Å². The van der Waals surface area contributed by atoms with Gasteiger partial charge in [-0.25, -0.2) is 0 Å². The van der Waals surface area contributed by atoms with Crippen molar-refractivity contribution in [1.29, 1.82) is 0 Å². The summed E-state index contributed by atoms with van der Waals surface area (Å²) in [6.45, 7) is 7.48. The molecule has 0 amide bonds. The molecule has 3 rings (SSSR count). The largest absolute Gasteiger partial charge is 0.378 e. The predicted octanol–water partition coefficient (Wildman–Crippen LogP) is 3.38. The van der Waals surface area contributed by atoms with Crippen molar-refractivity contribution < 1.29 is 9.47 Å². The molecule has 0 radical (unpaired) electrons. The minimum absolute atomic E-state index is 0.0476. The topological polar surface area (TPSA) is 30.5 Å². The molecule has 1 aliphatic carbocycles. The summed E-state index contributed by atoms with van der Waals surface area (Å²) in [7, 11) is 2.16. The third-order valence-corrected chi connectivity index (χ3v) is 6.33. The second-order valence-electron chi connectivity index (χ2n) is 8.40. The Kier molecular flexibility index (Phi) is 4.63. The minimum atomic E-state index is 0.0476. The van der Waals surface area contributed by atoms with Crippen LogP contribution in [0.2, 0.25) is 0 Å². The molecule has 0 aromatic rings. The average Bonchev–Trinajstić information content (AvgIpc) is 2.89. The van der Waals surface area contributed by atoms with Crippen LogP contribution in [-0.4, -0.2) is 38.5 Å². The van der Waals surface area contributed by atoms with E-state index in [-0.39, 0.29) is 5.60 Å². The Morgan fingerprint density at radius 1 is 1.00 bits per heavy atom. The summed E-state index contributed by atoms with van der Waals surface area (Å²) in [4.78, 5) is 0. The fourth-order valence-corrected chi connectivity index (χ4v) is 4.87. The van der Waals surface area contributed by atoms with Crippen molar-refractivity contribution in [1.82, 2.24) is 5.32 Å². The molecule has 3 heteroatoms. The van der Waals surface area contributed by atoms with Gasteiger partial charge in [0.15, 0.2) is 0 Å². The van der Waals surface area contributed by atoms with Crippen LogP contribution in [0, 0.1) is 17.3 Å². The Bertz CT molecular complexity index is 339. The number of nitrogens with one attached hydrogen (secondary N) is 1. The first-order valence-corrected chi connectivity index (χ1v) is 8.93. The van der Waals surface area contributed by atoms with Crippen LogP contribution in [0.4, 0.5) is 0 Å². The van der Waals surface area contributed by atoms with Crippen LogP contribution in [0.15, 0.2) is 0 Å². The number of hydrogen-bond donors (Lipinski definition) is 1. The smallest absolute Gasteiger partial charge is 0.0939 e. The van der Waals surface area contributed by atoms with Crippen molar-refractivity contribution in [2.24, 2.45) is 17.3 Å². The van der Waals surface area contributed by atoms with Gasteiger partial charge in [-0.05, 0) is 62.8 Å². The highest BCUT2D eigenvalue weighted by atomic mass is 16.6. The van der Waals surface area contributed by atoms with E-state index < -0.39 is 0 Å². The molecule has 3 unspecified atom stereocenters. The third-order valence-electron chi connectivity index (χ3n) is 6.33. The van der Waals surface area contributed by atoms with Crippen molar-refractivity contribution in [3.05, 3.63) is 0 Å². The molecule has 0 aromatic carbocycles. The van der Waals surface area contributed by atoms with Gasteiger partial charge < -0.3 is 14.8 Å². The second-order valence-corrected chi connectivity index (χ2v) is 8.40. The minimum Gasteiger partial charge on any atom is -0.378 e. The quantitative estimate of drug-likeness (QED) is 0.866. The molecule has 21 heavy (non-hydrogen) atoms. The highest BCUT2D eigenvalue weighted by Crippen LogP contribution is 2.44. The Balaban J connectivity index is 1.63. The number of hydrogen-bond acceptors (Lipinski definition) is 3. The van der Waals surface area contributed by atoms with Gasteiger partial charge in [-0.15, -0.1) is 0 Å². The molecule has 1 N–H and O–H groups in total. The highest BCUT2D eigenvalue weighted by Gasteiger charge is 2.44. The summed E-state index contributed by atoms with van der Waals surface area (Å²) < 4.78 is 11.7. The molecule has 3 nitrogen and oxygen atoms in total. The molecule has 3 fully saturated rings. The second kappa shape index (κ2) is 6.17. The molecule has 2 aliphatic heterocycles. The fraction of sp³-hybridized carbons (Fsp3) is 1.00. The van der Waals surface area contributed by atoms with E-state index in [0.29, 0.717) is 11.5 Å². The van der Waals surface area contributed by atoms with E-state index in [0.717, 1.165) is 38.1 Å². The van der Waals surface area contributed by atoms with E-state index >= 15 is 0 Å². The fourth-order valence-electron chi connectivity index (χ4n) is 4.87. The molecular formula is C18H33NO2. The maximum absolute atomic E-state index is 6.12. The average molecular weight is 295 g/mol. The van der Waals surface area contributed by atoms with E-state index in [2.05, 4.69) is 26.2 Å². The summed E-state index contributed by atoms with van der Waals surface area (Å²) in [6.07, 6.45) is 9.04. The van der Waals surface area contributed by atoms with Gasteiger partial charge in [0.2, 0.25) is 0 Å². The van der Waals surface area contributed by atoms with Gasteiger partial charge in [-0.3, -0.25) is 0 Å². The van der Waals surface area contributed by atoms with Crippen LogP contribution >= 0.6 is 0 Å². The number of rotatable bonds is 3. The summed E-state index contributed by atoms with van der Waals surface area (Å²) in [5.74, 6) is 1.61. The summed E-state index contributed by atoms with van der Waals surface area (Å²) in [6, 6.07) is 0.669. The van der Waals surface area contributed by atoms with Crippen molar-refractivity contribution >= 4 is 0 Å². The third kappa shape index (κ3) is 3.46. The lowest BCUT2D eigenvalue weighted by Crippen LogP contribution is -2.50. The first kappa shape index (κ1) is 15.8. The maximum Gasteiger partial charge on any atom is 0.0939 e. The molecule has 2 heterocycles. The predicted molar refractivity (Wildman–Crippen MR) is 85.4 cm³/mol. The molecule has 0 aromatic heterocycles. The van der Waals surface area contributed by atoms with E-state index in [9.17, 15) is 0 Å². The Morgan fingerprint density at radius 3 is 2.38 bits per heavy atom. The SMILES string of the molecule is CNC(C1CCC(C)(C)CC1)C1CCOC2(CCOC2)C1. The lowest BCUT2D eigenvalue weighted by atomic mass is 9.67. The normalized spacial score (nSPS) is 38.7. The summed E-state index contributed by atoms with van der Waals surface area (Å²) >= 11 is 0. The van der Waals surface area contributed by atoms with Crippen LogP contribution in [0.5, 0.6) is 0 Å². The van der Waals surface area contributed by atoms with Crippen molar-refractivity contribution in [3.8, 4) is 0 Å². The van der Waals surface area contributed by atoms with Gasteiger partial charge in [0, 0.05) is 25.7 Å². The molecule has 1 spiro atoms. The Hall–Kier alpha value is -0.120. The van der Waals surface area contributed by atoms with Crippen molar-refractivity contribution in [3.63, 3.8) is 0 Å². The van der Waals surface area contributed by atoms with Crippen LogP contribution in [0.1, 0.15) is 58.8 Å². The van der Waals surface area contributed by atoms with Gasteiger partial charge in [0.1, 0.15) is 0 Å². The zero-order chi connectivity index (χ0) is 14.9. The van der Waals surface area contributed by atoms with Crippen molar-refractivity contribution in [2.75, 3.05) is 26.9 Å². The summed E-state index contributed by atoms with van der Waals surface area (Å²) in [5, 5.41) is 3.68. The molecule has 3 aliphatic rings. The van der Waals surface area contributed by atoms with E-state index in [1.54, 1.807) is 0 Å². The lowest BCUT2D eigenvalue weighted by Gasteiger charge is -2.45. The van der Waals surface area contributed by atoms with Crippen molar-refractivity contribution in [2.45, 2.75) is 70.4 Å². The molecule has 3 atom stereocenters. The van der Waals surface area contributed by atoms with Gasteiger partial charge in [0.25, 0.3) is 0 Å². The van der Waals surface area contributed by atoms with Crippen LogP contribution in [0.3, 0.4) is 0 Å². The van der Waals surface area contributed by atoms with E-state index in [1.807, 2.05) is 0 Å². The van der Waals surface area contributed by atoms with Gasteiger partial charge >= 0.3 is 0 Å². The molecular weight excluding hydrogens is 262 g/mol. The zero-order valence-electron chi connectivity index (χ0n) is 14.1. The first-order valence-electron chi connectivity index (χ1n) is 8.93. The van der Waals surface area contributed by atoms with Crippen LogP contribution < -0.4 is 5.32 Å². The van der Waals surface area contributed by atoms with Gasteiger partial charge in [-0.2, -0.15) is 0 Å². The van der Waals surface area contributed by atoms with Crippen LogP contribution in [-0.2, 0) is 9.47 Å². The monoisotopic (exact) mass is 295 g/mol. The van der Waals surface area contributed by atoms with Gasteiger partial charge in [0.05, 0.1) is 12.2 Å². The maximum atomic E-state index is 6.12. The molecule has 0 bridgehead atoms. The zero-order valence-corrected chi connectivity index (χ0v) is 14.1. The highest BCUT2D eigenvalue weighted by molar-refractivity contribution is 4.96. The summed E-state index contributed by atoms with van der Waals surface area (Å²) in [5.41, 5.74) is 0.608. The van der Waals surface area contributed by atoms with Crippen LogP contribution in [0.25, 0.3) is 0 Å². The lowest BCUT2D eigenvalue weighted by molar-refractivity contribution is -0.106. The molecule has 2 saturated heterocycles. The number of ether oxygens (including phenoxy) is 2. The first-order chi connectivity index (χ1) is 10.0. The van der Waals surface area contributed by atoms with E-state index in [4.69, 9.17) is 9.47 Å².